The maximum absolute atomic E-state index is 5.61. The molecule has 2 aromatic rings. The van der Waals surface area contributed by atoms with Crippen molar-refractivity contribution in [3.63, 3.8) is 0 Å². The number of furan rings is 1. The van der Waals surface area contributed by atoms with Gasteiger partial charge in [0.15, 0.2) is 0 Å². The molecule has 0 radical (unpaired) electrons. The fraction of sp³-hybridized carbons (Fsp3) is 0.462. The summed E-state index contributed by atoms with van der Waals surface area (Å²) in [5, 5.41) is 7.68. The minimum atomic E-state index is 0.785. The third-order valence-electron chi connectivity index (χ3n) is 2.69. The van der Waals surface area contributed by atoms with E-state index in [-0.39, 0.29) is 0 Å². The quantitative estimate of drug-likeness (QED) is 0.775. The Hall–Kier alpha value is -1.55. The number of rotatable bonds is 6. The molecule has 92 valence electrons. The van der Waals surface area contributed by atoms with Crippen molar-refractivity contribution in [2.24, 2.45) is 7.05 Å². The van der Waals surface area contributed by atoms with Crippen LogP contribution in [0.25, 0.3) is 0 Å². The Labute approximate surface area is 102 Å². The van der Waals surface area contributed by atoms with Gasteiger partial charge in [-0.3, -0.25) is 4.68 Å². The minimum Gasteiger partial charge on any atom is -0.465 e. The Kier molecular flexibility index (Phi) is 3.98. The lowest BCUT2D eigenvalue weighted by atomic mass is 10.3. The van der Waals surface area contributed by atoms with Gasteiger partial charge in [-0.25, -0.2) is 0 Å². The van der Waals surface area contributed by atoms with Crippen molar-refractivity contribution in [1.82, 2.24) is 15.1 Å². The zero-order valence-corrected chi connectivity index (χ0v) is 10.4. The molecule has 0 amide bonds. The van der Waals surface area contributed by atoms with Crippen LogP contribution in [0.5, 0.6) is 0 Å². The molecule has 4 heteroatoms. The Morgan fingerprint density at radius 2 is 2.12 bits per heavy atom. The van der Waals surface area contributed by atoms with Crippen LogP contribution in [0.3, 0.4) is 0 Å². The number of aromatic nitrogens is 2. The van der Waals surface area contributed by atoms with Crippen LogP contribution in [0.15, 0.2) is 28.8 Å². The molecule has 0 spiro atoms. The molecule has 0 saturated carbocycles. The lowest BCUT2D eigenvalue weighted by Crippen LogP contribution is -2.16. The van der Waals surface area contributed by atoms with Gasteiger partial charge in [-0.2, -0.15) is 5.10 Å². The zero-order valence-electron chi connectivity index (χ0n) is 10.4. The van der Waals surface area contributed by atoms with E-state index in [1.54, 1.807) is 0 Å². The van der Waals surface area contributed by atoms with E-state index in [4.69, 9.17) is 4.42 Å². The molecule has 17 heavy (non-hydrogen) atoms. The number of hydrogen-bond donors (Lipinski definition) is 1. The predicted molar refractivity (Wildman–Crippen MR) is 66.7 cm³/mol. The summed E-state index contributed by atoms with van der Waals surface area (Å²) in [6.07, 6.45) is 3.87. The average molecular weight is 233 g/mol. The normalized spacial score (nSPS) is 10.9. The molecule has 0 atom stereocenters. The van der Waals surface area contributed by atoms with Crippen LogP contribution in [0.1, 0.15) is 24.1 Å². The Balaban J connectivity index is 1.69. The van der Waals surface area contributed by atoms with Crippen LogP contribution in [-0.4, -0.2) is 16.3 Å². The molecule has 0 fully saturated rings. The second kappa shape index (κ2) is 5.68. The van der Waals surface area contributed by atoms with E-state index in [1.807, 2.05) is 36.1 Å². The monoisotopic (exact) mass is 233 g/mol. The minimum absolute atomic E-state index is 0.785. The molecule has 0 aliphatic carbocycles. The first-order chi connectivity index (χ1) is 8.28. The zero-order chi connectivity index (χ0) is 12.1. The fourth-order valence-corrected chi connectivity index (χ4v) is 1.73. The summed E-state index contributed by atoms with van der Waals surface area (Å²) in [5.41, 5.74) is 1.12. The van der Waals surface area contributed by atoms with Crippen molar-refractivity contribution < 1.29 is 4.42 Å². The van der Waals surface area contributed by atoms with Crippen molar-refractivity contribution >= 4 is 0 Å². The molecule has 1 N–H and O–H groups in total. The summed E-state index contributed by atoms with van der Waals surface area (Å²) in [4.78, 5) is 0. The van der Waals surface area contributed by atoms with Crippen LogP contribution >= 0.6 is 0 Å². The predicted octanol–water partition coefficient (Wildman–Crippen LogP) is 1.91. The molecule has 0 unspecified atom stereocenters. The molecular formula is C13H19N3O. The standard InChI is InChI=1S/C13H19N3O/c1-3-12-4-5-13(17-12)10-14-8-6-11-7-9-16(2)15-11/h4-5,7,9,14H,3,6,8,10H2,1-2H3. The first-order valence-corrected chi connectivity index (χ1v) is 6.04. The van der Waals surface area contributed by atoms with E-state index in [9.17, 15) is 0 Å². The molecule has 2 rings (SSSR count). The van der Waals surface area contributed by atoms with Crippen LogP contribution in [-0.2, 0) is 26.4 Å². The number of aryl methyl sites for hydroxylation is 2. The first kappa shape index (κ1) is 11.9. The molecule has 0 bridgehead atoms. The van der Waals surface area contributed by atoms with Crippen molar-refractivity contribution in [2.45, 2.75) is 26.3 Å². The molecule has 0 saturated heterocycles. The summed E-state index contributed by atoms with van der Waals surface area (Å²) >= 11 is 0. The number of hydrogen-bond acceptors (Lipinski definition) is 3. The molecule has 0 aliphatic rings. The van der Waals surface area contributed by atoms with Gasteiger partial charge in [-0.1, -0.05) is 6.92 Å². The largest absolute Gasteiger partial charge is 0.465 e. The highest BCUT2D eigenvalue weighted by atomic mass is 16.3. The van der Waals surface area contributed by atoms with Gasteiger partial charge in [-0.05, 0) is 18.2 Å². The summed E-state index contributed by atoms with van der Waals surface area (Å²) in [7, 11) is 1.94. The third kappa shape index (κ3) is 3.46. The van der Waals surface area contributed by atoms with Crippen molar-refractivity contribution in [2.75, 3.05) is 6.54 Å². The summed E-state index contributed by atoms with van der Waals surface area (Å²) < 4.78 is 7.44. The highest BCUT2D eigenvalue weighted by Crippen LogP contribution is 2.07. The number of nitrogens with one attached hydrogen (secondary N) is 1. The fourth-order valence-electron chi connectivity index (χ4n) is 1.73. The van der Waals surface area contributed by atoms with Crippen molar-refractivity contribution in [3.05, 3.63) is 41.6 Å². The summed E-state index contributed by atoms with van der Waals surface area (Å²) in [6.45, 7) is 3.79. The van der Waals surface area contributed by atoms with Gasteiger partial charge in [0.1, 0.15) is 11.5 Å². The highest BCUT2D eigenvalue weighted by molar-refractivity contribution is 5.07. The molecule has 2 aromatic heterocycles. The Morgan fingerprint density at radius 1 is 1.29 bits per heavy atom. The Bertz CT molecular complexity index is 459. The molecule has 2 heterocycles. The SMILES string of the molecule is CCc1ccc(CNCCc2ccn(C)n2)o1. The van der Waals surface area contributed by atoms with Crippen molar-refractivity contribution in [3.8, 4) is 0 Å². The highest BCUT2D eigenvalue weighted by Gasteiger charge is 2.00. The van der Waals surface area contributed by atoms with E-state index < -0.39 is 0 Å². The smallest absolute Gasteiger partial charge is 0.117 e. The summed E-state index contributed by atoms with van der Waals surface area (Å²) in [5.74, 6) is 2.05. The average Bonchev–Trinajstić information content (AvgIpc) is 2.93. The van der Waals surface area contributed by atoms with Crippen LogP contribution in [0.2, 0.25) is 0 Å². The van der Waals surface area contributed by atoms with Gasteiger partial charge in [0, 0.05) is 32.6 Å². The van der Waals surface area contributed by atoms with Gasteiger partial charge in [0.2, 0.25) is 0 Å². The third-order valence-corrected chi connectivity index (χ3v) is 2.69. The molecule has 0 aromatic carbocycles. The molecule has 4 nitrogen and oxygen atoms in total. The summed E-state index contributed by atoms with van der Waals surface area (Å²) in [6, 6.07) is 6.12. The van der Waals surface area contributed by atoms with E-state index in [0.29, 0.717) is 0 Å². The van der Waals surface area contributed by atoms with Gasteiger partial charge in [0.05, 0.1) is 12.2 Å². The van der Waals surface area contributed by atoms with E-state index in [1.165, 1.54) is 0 Å². The van der Waals surface area contributed by atoms with Crippen LogP contribution in [0, 0.1) is 0 Å². The van der Waals surface area contributed by atoms with Gasteiger partial charge < -0.3 is 9.73 Å². The topological polar surface area (TPSA) is 43.0 Å². The van der Waals surface area contributed by atoms with Gasteiger partial charge >= 0.3 is 0 Å². The maximum atomic E-state index is 5.61. The van der Waals surface area contributed by atoms with E-state index in [0.717, 1.165) is 43.1 Å². The van der Waals surface area contributed by atoms with Gasteiger partial charge in [-0.15, -0.1) is 0 Å². The lowest BCUT2D eigenvalue weighted by molar-refractivity contribution is 0.451. The molecular weight excluding hydrogens is 214 g/mol. The van der Waals surface area contributed by atoms with Crippen LogP contribution < -0.4 is 5.32 Å². The van der Waals surface area contributed by atoms with E-state index >= 15 is 0 Å². The first-order valence-electron chi connectivity index (χ1n) is 6.04. The lowest BCUT2D eigenvalue weighted by Gasteiger charge is -2.00. The Morgan fingerprint density at radius 3 is 2.76 bits per heavy atom. The second-order valence-electron chi connectivity index (χ2n) is 4.13. The van der Waals surface area contributed by atoms with Gasteiger partial charge in [0.25, 0.3) is 0 Å². The maximum Gasteiger partial charge on any atom is 0.117 e. The molecule has 0 aliphatic heterocycles. The van der Waals surface area contributed by atoms with E-state index in [2.05, 4.69) is 17.3 Å². The van der Waals surface area contributed by atoms with Crippen molar-refractivity contribution in [1.29, 1.82) is 0 Å². The number of nitrogens with zero attached hydrogens (tertiary/aromatic N) is 2. The second-order valence-corrected chi connectivity index (χ2v) is 4.13. The van der Waals surface area contributed by atoms with Crippen LogP contribution in [0.4, 0.5) is 0 Å².